The maximum Gasteiger partial charge on any atom is 0.292 e. The number of guanidine groups is 1. The first-order valence-corrected chi connectivity index (χ1v) is 8.84. The molecule has 0 aliphatic heterocycles. The summed E-state index contributed by atoms with van der Waals surface area (Å²) in [5.74, 6) is 1.86. The van der Waals surface area contributed by atoms with Crippen molar-refractivity contribution in [3.8, 4) is 11.5 Å². The van der Waals surface area contributed by atoms with Crippen molar-refractivity contribution in [2.24, 2.45) is 4.99 Å². The molecule has 0 saturated carbocycles. The summed E-state index contributed by atoms with van der Waals surface area (Å²) in [7, 11) is 3.25. The Bertz CT molecular complexity index is 832. The van der Waals surface area contributed by atoms with E-state index in [4.69, 9.17) is 9.47 Å². The van der Waals surface area contributed by atoms with E-state index in [1.807, 2.05) is 25.1 Å². The fraction of sp³-hybridized carbons (Fsp3) is 0.316. The van der Waals surface area contributed by atoms with Crippen molar-refractivity contribution in [2.45, 2.75) is 6.92 Å². The van der Waals surface area contributed by atoms with Crippen LogP contribution >= 0.6 is 24.0 Å². The van der Waals surface area contributed by atoms with Gasteiger partial charge in [0.15, 0.2) is 17.5 Å². The molecule has 0 amide bonds. The Hall–Kier alpha value is -2.76. The smallest absolute Gasteiger partial charge is 0.292 e. The second-order valence-electron chi connectivity index (χ2n) is 5.62. The SMILES string of the molecule is CCOc1ccc(NC(=NC)NCCNc2ccccc2[N+](=O)[O-])cc1OC.I. The van der Waals surface area contributed by atoms with Gasteiger partial charge in [0, 0.05) is 38.0 Å². The predicted molar refractivity (Wildman–Crippen MR) is 126 cm³/mol. The van der Waals surface area contributed by atoms with E-state index in [0.29, 0.717) is 42.8 Å². The second-order valence-corrected chi connectivity index (χ2v) is 5.62. The van der Waals surface area contributed by atoms with E-state index in [2.05, 4.69) is 20.9 Å². The van der Waals surface area contributed by atoms with E-state index in [1.165, 1.54) is 6.07 Å². The van der Waals surface area contributed by atoms with Crippen LogP contribution in [0.5, 0.6) is 11.5 Å². The number of methoxy groups -OCH3 is 1. The first-order valence-electron chi connectivity index (χ1n) is 8.84. The number of nitro groups is 1. The summed E-state index contributed by atoms with van der Waals surface area (Å²) in [5, 5.41) is 20.4. The maximum atomic E-state index is 11.0. The van der Waals surface area contributed by atoms with Crippen LogP contribution in [-0.4, -0.2) is 44.7 Å². The van der Waals surface area contributed by atoms with Crippen LogP contribution in [0.3, 0.4) is 0 Å². The van der Waals surface area contributed by atoms with Gasteiger partial charge in [0.05, 0.1) is 18.6 Å². The number of anilines is 2. The van der Waals surface area contributed by atoms with Crippen molar-refractivity contribution in [3.05, 3.63) is 52.6 Å². The second kappa shape index (κ2) is 12.6. The number of aliphatic imine (C=N–C) groups is 1. The van der Waals surface area contributed by atoms with E-state index in [0.717, 1.165) is 5.69 Å². The molecule has 3 N–H and O–H groups in total. The largest absolute Gasteiger partial charge is 0.493 e. The molecule has 29 heavy (non-hydrogen) atoms. The molecule has 2 aromatic rings. The summed E-state index contributed by atoms with van der Waals surface area (Å²) < 4.78 is 10.8. The first-order chi connectivity index (χ1) is 13.6. The number of nitrogens with one attached hydrogen (secondary N) is 3. The van der Waals surface area contributed by atoms with E-state index in [1.54, 1.807) is 32.4 Å². The minimum absolute atomic E-state index is 0. The summed E-state index contributed by atoms with van der Waals surface area (Å²) in [6, 6.07) is 12.1. The molecule has 10 heteroatoms. The Kier molecular flexibility index (Phi) is 10.6. The highest BCUT2D eigenvalue weighted by Gasteiger charge is 2.11. The third-order valence-electron chi connectivity index (χ3n) is 3.78. The molecule has 0 radical (unpaired) electrons. The van der Waals surface area contributed by atoms with E-state index in [-0.39, 0.29) is 29.7 Å². The number of ether oxygens (including phenoxy) is 2. The van der Waals surface area contributed by atoms with Crippen molar-refractivity contribution in [3.63, 3.8) is 0 Å². The predicted octanol–water partition coefficient (Wildman–Crippen LogP) is 3.72. The lowest BCUT2D eigenvalue weighted by Gasteiger charge is -2.15. The average Bonchev–Trinajstić information content (AvgIpc) is 2.71. The standard InChI is InChI=1S/C19H25N5O4.HI/c1-4-28-17-10-9-14(13-18(17)27-3)23-19(20-2)22-12-11-21-15-7-5-6-8-16(15)24(25)26;/h5-10,13,21H,4,11-12H2,1-3H3,(H2,20,22,23);1H. The van der Waals surface area contributed by atoms with Crippen LogP contribution in [0.25, 0.3) is 0 Å². The van der Waals surface area contributed by atoms with Crippen molar-refractivity contribution in [1.82, 2.24) is 5.32 Å². The van der Waals surface area contributed by atoms with Gasteiger partial charge >= 0.3 is 0 Å². The molecule has 0 saturated heterocycles. The zero-order valence-electron chi connectivity index (χ0n) is 16.6. The minimum atomic E-state index is -0.407. The molecule has 0 aliphatic carbocycles. The monoisotopic (exact) mass is 515 g/mol. The van der Waals surface area contributed by atoms with E-state index < -0.39 is 4.92 Å². The molecular weight excluding hydrogens is 489 g/mol. The van der Waals surface area contributed by atoms with Crippen LogP contribution in [-0.2, 0) is 0 Å². The van der Waals surface area contributed by atoms with Crippen LogP contribution < -0.4 is 25.4 Å². The van der Waals surface area contributed by atoms with Gasteiger partial charge in [-0.2, -0.15) is 0 Å². The van der Waals surface area contributed by atoms with Gasteiger partial charge in [0.25, 0.3) is 5.69 Å². The van der Waals surface area contributed by atoms with E-state index >= 15 is 0 Å². The highest BCUT2D eigenvalue weighted by Crippen LogP contribution is 2.30. The van der Waals surface area contributed by atoms with Crippen molar-refractivity contribution in [1.29, 1.82) is 0 Å². The molecule has 9 nitrogen and oxygen atoms in total. The highest BCUT2D eigenvalue weighted by atomic mass is 127. The third kappa shape index (κ3) is 7.29. The molecule has 0 atom stereocenters. The summed E-state index contributed by atoms with van der Waals surface area (Å²) >= 11 is 0. The Morgan fingerprint density at radius 2 is 1.93 bits per heavy atom. The number of rotatable bonds is 9. The van der Waals surface area contributed by atoms with Gasteiger partial charge in [-0.1, -0.05) is 12.1 Å². The Labute approximate surface area is 187 Å². The zero-order chi connectivity index (χ0) is 20.4. The minimum Gasteiger partial charge on any atom is -0.493 e. The lowest BCUT2D eigenvalue weighted by Crippen LogP contribution is -2.34. The van der Waals surface area contributed by atoms with Gasteiger partial charge in [-0.25, -0.2) is 0 Å². The average molecular weight is 515 g/mol. The molecule has 158 valence electrons. The Morgan fingerprint density at radius 1 is 1.17 bits per heavy atom. The first kappa shape index (κ1) is 24.3. The molecule has 0 heterocycles. The van der Waals surface area contributed by atoms with Gasteiger partial charge in [-0.15, -0.1) is 24.0 Å². The number of hydrogen-bond donors (Lipinski definition) is 3. The molecule has 0 fully saturated rings. The van der Waals surface area contributed by atoms with Crippen molar-refractivity contribution < 1.29 is 14.4 Å². The lowest BCUT2D eigenvalue weighted by molar-refractivity contribution is -0.384. The third-order valence-corrected chi connectivity index (χ3v) is 3.78. The molecule has 0 spiro atoms. The molecule has 2 rings (SSSR count). The molecule has 0 aliphatic rings. The topological polar surface area (TPSA) is 110 Å². The quantitative estimate of drug-likeness (QED) is 0.117. The van der Waals surface area contributed by atoms with Crippen LogP contribution in [0.15, 0.2) is 47.5 Å². The fourth-order valence-corrected chi connectivity index (χ4v) is 2.50. The van der Waals surface area contributed by atoms with Gasteiger partial charge in [0.2, 0.25) is 0 Å². The zero-order valence-corrected chi connectivity index (χ0v) is 18.9. The number of nitrogens with zero attached hydrogens (tertiary/aromatic N) is 2. The summed E-state index contributed by atoms with van der Waals surface area (Å²) in [4.78, 5) is 14.8. The molecule has 2 aromatic carbocycles. The van der Waals surface area contributed by atoms with Crippen LogP contribution in [0.4, 0.5) is 17.1 Å². The Balaban J connectivity index is 0.00000420. The summed E-state index contributed by atoms with van der Waals surface area (Å²) in [6.07, 6.45) is 0. The van der Waals surface area contributed by atoms with Crippen molar-refractivity contribution in [2.75, 3.05) is 44.5 Å². The van der Waals surface area contributed by atoms with E-state index in [9.17, 15) is 10.1 Å². The van der Waals surface area contributed by atoms with Gasteiger partial charge < -0.3 is 25.4 Å². The van der Waals surface area contributed by atoms with Gasteiger partial charge in [-0.3, -0.25) is 15.1 Å². The Morgan fingerprint density at radius 3 is 2.59 bits per heavy atom. The van der Waals surface area contributed by atoms with Crippen molar-refractivity contribution >= 4 is 47.0 Å². The van der Waals surface area contributed by atoms with Gasteiger partial charge in [-0.05, 0) is 25.1 Å². The normalized spacial score (nSPS) is 10.5. The molecule has 0 unspecified atom stereocenters. The van der Waals surface area contributed by atoms with Crippen LogP contribution in [0, 0.1) is 10.1 Å². The van der Waals surface area contributed by atoms with Crippen LogP contribution in [0.2, 0.25) is 0 Å². The maximum absolute atomic E-state index is 11.0. The number of para-hydroxylation sites is 2. The highest BCUT2D eigenvalue weighted by molar-refractivity contribution is 14.0. The molecular formula is C19H26IN5O4. The summed E-state index contributed by atoms with van der Waals surface area (Å²) in [5.41, 5.74) is 1.32. The lowest BCUT2D eigenvalue weighted by atomic mass is 10.2. The molecule has 0 aromatic heterocycles. The fourth-order valence-electron chi connectivity index (χ4n) is 2.50. The summed E-state index contributed by atoms with van der Waals surface area (Å²) in [6.45, 7) is 3.46. The number of nitro benzene ring substituents is 1. The molecule has 0 bridgehead atoms. The van der Waals surface area contributed by atoms with Gasteiger partial charge in [0.1, 0.15) is 5.69 Å². The number of benzene rings is 2. The number of hydrogen-bond acceptors (Lipinski definition) is 6. The number of halogens is 1. The van der Waals surface area contributed by atoms with Crippen LogP contribution in [0.1, 0.15) is 6.92 Å².